The largest absolute Gasteiger partial charge is 0.465 e. The number of carbonyl (C=O) groups excluding carboxylic acids is 3. The summed E-state index contributed by atoms with van der Waals surface area (Å²) in [6.45, 7) is 0.302. The van der Waals surface area contributed by atoms with Gasteiger partial charge in [-0.25, -0.2) is 4.79 Å². The standard InChI is InChI=1S/C23H20N2O5/c1-29-23(28)16-8-4-9-18(12-16)24-21(26)19-13-15-6-2-3-7-17(15)14-25(19)22(27)20-10-5-11-30-20/h2-12,19H,13-14H2,1H3,(H,24,26). The van der Waals surface area contributed by atoms with Crippen LogP contribution in [-0.2, 0) is 22.5 Å². The lowest BCUT2D eigenvalue weighted by molar-refractivity contribution is -0.121. The number of furan rings is 1. The SMILES string of the molecule is COC(=O)c1cccc(NC(=O)C2Cc3ccccc3CN2C(=O)c2ccco2)c1. The molecule has 0 fully saturated rings. The first-order valence-electron chi connectivity index (χ1n) is 9.47. The number of anilines is 1. The number of esters is 1. The molecule has 1 N–H and O–H groups in total. The average Bonchev–Trinajstić information content (AvgIpc) is 3.32. The Kier molecular flexibility index (Phi) is 5.34. The van der Waals surface area contributed by atoms with Crippen molar-refractivity contribution in [1.29, 1.82) is 0 Å². The van der Waals surface area contributed by atoms with Crippen LogP contribution in [0, 0.1) is 0 Å². The zero-order valence-electron chi connectivity index (χ0n) is 16.3. The molecule has 0 aliphatic carbocycles. The number of nitrogens with one attached hydrogen (secondary N) is 1. The molecule has 4 rings (SSSR count). The molecule has 3 aromatic rings. The van der Waals surface area contributed by atoms with Crippen LogP contribution in [0.15, 0.2) is 71.3 Å². The lowest BCUT2D eigenvalue weighted by atomic mass is 9.93. The predicted octanol–water partition coefficient (Wildman–Crippen LogP) is 3.27. The number of ether oxygens (including phenoxy) is 1. The number of rotatable bonds is 4. The summed E-state index contributed by atoms with van der Waals surface area (Å²) < 4.78 is 9.99. The van der Waals surface area contributed by atoms with Gasteiger partial charge in [0.05, 0.1) is 18.9 Å². The topological polar surface area (TPSA) is 88.9 Å². The highest BCUT2D eigenvalue weighted by atomic mass is 16.5. The van der Waals surface area contributed by atoms with E-state index in [1.54, 1.807) is 36.4 Å². The summed E-state index contributed by atoms with van der Waals surface area (Å²) in [5, 5.41) is 2.82. The third kappa shape index (κ3) is 3.82. The van der Waals surface area contributed by atoms with Gasteiger partial charge in [0.1, 0.15) is 6.04 Å². The van der Waals surface area contributed by atoms with Gasteiger partial charge in [-0.1, -0.05) is 30.3 Å². The molecule has 1 aliphatic rings. The smallest absolute Gasteiger partial charge is 0.337 e. The number of carbonyl (C=O) groups is 3. The van der Waals surface area contributed by atoms with Crippen LogP contribution in [0.5, 0.6) is 0 Å². The summed E-state index contributed by atoms with van der Waals surface area (Å²) in [5.41, 5.74) is 2.79. The fourth-order valence-corrected chi connectivity index (χ4v) is 3.58. The van der Waals surface area contributed by atoms with Crippen molar-refractivity contribution in [3.63, 3.8) is 0 Å². The van der Waals surface area contributed by atoms with Gasteiger partial charge in [0, 0.05) is 18.7 Å². The minimum absolute atomic E-state index is 0.180. The first-order valence-corrected chi connectivity index (χ1v) is 9.47. The molecule has 7 heteroatoms. The van der Waals surface area contributed by atoms with Gasteiger partial charge in [0.2, 0.25) is 5.91 Å². The van der Waals surface area contributed by atoms with Crippen LogP contribution in [-0.4, -0.2) is 35.8 Å². The van der Waals surface area contributed by atoms with E-state index in [9.17, 15) is 14.4 Å². The van der Waals surface area contributed by atoms with Crippen molar-refractivity contribution in [3.8, 4) is 0 Å². The Morgan fingerprint density at radius 2 is 1.83 bits per heavy atom. The number of amides is 2. The van der Waals surface area contributed by atoms with Gasteiger partial charge in [-0.15, -0.1) is 0 Å². The van der Waals surface area contributed by atoms with Gasteiger partial charge in [-0.2, -0.15) is 0 Å². The zero-order chi connectivity index (χ0) is 21.1. The number of hydrogen-bond acceptors (Lipinski definition) is 5. The van der Waals surface area contributed by atoms with Crippen LogP contribution in [0.3, 0.4) is 0 Å². The minimum atomic E-state index is -0.723. The number of methoxy groups -OCH3 is 1. The summed E-state index contributed by atoms with van der Waals surface area (Å²) in [5.74, 6) is -1.00. The van der Waals surface area contributed by atoms with Crippen LogP contribution in [0.25, 0.3) is 0 Å². The van der Waals surface area contributed by atoms with E-state index in [1.165, 1.54) is 18.3 Å². The Hall–Kier alpha value is -3.87. The number of fused-ring (bicyclic) bond motifs is 1. The van der Waals surface area contributed by atoms with E-state index in [4.69, 9.17) is 9.15 Å². The Labute approximate surface area is 173 Å². The minimum Gasteiger partial charge on any atom is -0.465 e. The zero-order valence-corrected chi connectivity index (χ0v) is 16.3. The Morgan fingerprint density at radius 1 is 1.03 bits per heavy atom. The maximum Gasteiger partial charge on any atom is 0.337 e. The number of benzene rings is 2. The first kappa shape index (κ1) is 19.4. The third-order valence-corrected chi connectivity index (χ3v) is 5.10. The molecule has 0 radical (unpaired) electrons. The molecule has 30 heavy (non-hydrogen) atoms. The molecular weight excluding hydrogens is 384 g/mol. The van der Waals surface area contributed by atoms with Crippen molar-refractivity contribution in [2.75, 3.05) is 12.4 Å². The normalized spacial score (nSPS) is 15.2. The second-order valence-electron chi connectivity index (χ2n) is 6.96. The van der Waals surface area contributed by atoms with Gasteiger partial charge < -0.3 is 19.4 Å². The molecule has 1 atom stereocenters. The van der Waals surface area contributed by atoms with Gasteiger partial charge in [-0.3, -0.25) is 9.59 Å². The predicted molar refractivity (Wildman–Crippen MR) is 109 cm³/mol. The second kappa shape index (κ2) is 8.24. The highest BCUT2D eigenvalue weighted by Crippen LogP contribution is 2.26. The van der Waals surface area contributed by atoms with Crippen molar-refractivity contribution in [2.24, 2.45) is 0 Å². The summed E-state index contributed by atoms with van der Waals surface area (Å²) in [6.07, 6.45) is 1.81. The maximum atomic E-state index is 13.2. The van der Waals surface area contributed by atoms with Crippen molar-refractivity contribution >= 4 is 23.5 Å². The summed E-state index contributed by atoms with van der Waals surface area (Å²) in [6, 6.07) is 16.7. The van der Waals surface area contributed by atoms with Crippen LogP contribution < -0.4 is 5.32 Å². The molecule has 0 saturated heterocycles. The monoisotopic (exact) mass is 404 g/mol. The van der Waals surface area contributed by atoms with Crippen molar-refractivity contribution in [3.05, 3.63) is 89.4 Å². The number of nitrogens with zero attached hydrogens (tertiary/aromatic N) is 1. The van der Waals surface area contributed by atoms with E-state index < -0.39 is 12.0 Å². The Bertz CT molecular complexity index is 1090. The molecule has 0 saturated carbocycles. The summed E-state index contributed by atoms with van der Waals surface area (Å²) >= 11 is 0. The molecule has 152 valence electrons. The lowest BCUT2D eigenvalue weighted by Gasteiger charge is -2.35. The fraction of sp³-hybridized carbons (Fsp3) is 0.174. The number of hydrogen-bond donors (Lipinski definition) is 1. The van der Waals surface area contributed by atoms with Gasteiger partial charge >= 0.3 is 5.97 Å². The van der Waals surface area contributed by atoms with E-state index in [0.717, 1.165) is 11.1 Å². The molecule has 2 heterocycles. The molecule has 0 bridgehead atoms. The first-order chi connectivity index (χ1) is 14.6. The van der Waals surface area contributed by atoms with E-state index >= 15 is 0 Å². The second-order valence-corrected chi connectivity index (χ2v) is 6.96. The van der Waals surface area contributed by atoms with Gasteiger partial charge in [-0.05, 0) is 41.5 Å². The lowest BCUT2D eigenvalue weighted by Crippen LogP contribution is -2.50. The molecule has 0 spiro atoms. The van der Waals surface area contributed by atoms with Gasteiger partial charge in [0.15, 0.2) is 5.76 Å². The maximum absolute atomic E-state index is 13.2. The highest BCUT2D eigenvalue weighted by Gasteiger charge is 2.36. The Morgan fingerprint density at radius 3 is 2.57 bits per heavy atom. The summed E-state index contributed by atoms with van der Waals surface area (Å²) in [4.78, 5) is 39.5. The molecule has 1 unspecified atom stereocenters. The summed E-state index contributed by atoms with van der Waals surface area (Å²) in [7, 11) is 1.30. The molecule has 2 amide bonds. The highest BCUT2D eigenvalue weighted by molar-refractivity contribution is 6.01. The van der Waals surface area contributed by atoms with Crippen LogP contribution in [0.4, 0.5) is 5.69 Å². The van der Waals surface area contributed by atoms with Crippen LogP contribution in [0.2, 0.25) is 0 Å². The van der Waals surface area contributed by atoms with Crippen LogP contribution >= 0.6 is 0 Å². The van der Waals surface area contributed by atoms with E-state index in [1.807, 2.05) is 24.3 Å². The molecular formula is C23H20N2O5. The van der Waals surface area contributed by atoms with E-state index in [2.05, 4.69) is 5.32 Å². The van der Waals surface area contributed by atoms with Crippen molar-refractivity contribution in [1.82, 2.24) is 4.90 Å². The van der Waals surface area contributed by atoms with E-state index in [0.29, 0.717) is 24.2 Å². The quantitative estimate of drug-likeness (QED) is 0.674. The Balaban J connectivity index is 1.61. The van der Waals surface area contributed by atoms with E-state index in [-0.39, 0.29) is 17.6 Å². The molecule has 2 aromatic carbocycles. The van der Waals surface area contributed by atoms with Crippen molar-refractivity contribution in [2.45, 2.75) is 19.0 Å². The average molecular weight is 404 g/mol. The van der Waals surface area contributed by atoms with Gasteiger partial charge in [0.25, 0.3) is 5.91 Å². The fourth-order valence-electron chi connectivity index (χ4n) is 3.58. The van der Waals surface area contributed by atoms with Crippen molar-refractivity contribution < 1.29 is 23.5 Å². The molecule has 1 aliphatic heterocycles. The van der Waals surface area contributed by atoms with Crippen LogP contribution in [0.1, 0.15) is 32.0 Å². The third-order valence-electron chi connectivity index (χ3n) is 5.10. The molecule has 1 aromatic heterocycles. The molecule has 7 nitrogen and oxygen atoms in total.